The van der Waals surface area contributed by atoms with Crippen molar-refractivity contribution in [1.82, 2.24) is 14.8 Å². The van der Waals surface area contributed by atoms with E-state index in [1.165, 1.54) is 6.33 Å². The third-order valence-electron chi connectivity index (χ3n) is 4.83. The van der Waals surface area contributed by atoms with Crippen LogP contribution in [0.15, 0.2) is 66.1 Å². The molecule has 1 aliphatic heterocycles. The zero-order valence-corrected chi connectivity index (χ0v) is 16.6. The summed E-state index contributed by atoms with van der Waals surface area (Å²) < 4.78 is 7.38. The second-order valence-electron chi connectivity index (χ2n) is 6.92. The zero-order valence-electron chi connectivity index (χ0n) is 16.6. The Balaban J connectivity index is 1.74. The van der Waals surface area contributed by atoms with E-state index in [-0.39, 0.29) is 5.91 Å². The fourth-order valence-electron chi connectivity index (χ4n) is 3.47. The van der Waals surface area contributed by atoms with E-state index in [4.69, 9.17) is 4.74 Å². The van der Waals surface area contributed by atoms with E-state index < -0.39 is 6.04 Å². The molecule has 0 fully saturated rings. The molecule has 1 atom stereocenters. The number of hydrogen-bond acceptors (Lipinski definition) is 5. The van der Waals surface area contributed by atoms with Crippen molar-refractivity contribution >= 4 is 17.5 Å². The summed E-state index contributed by atoms with van der Waals surface area (Å²) in [5.41, 5.74) is 4.10. The van der Waals surface area contributed by atoms with Crippen LogP contribution in [0.1, 0.15) is 31.0 Å². The largest absolute Gasteiger partial charge is 0.494 e. The van der Waals surface area contributed by atoms with Gasteiger partial charge in [0.1, 0.15) is 18.1 Å². The highest BCUT2D eigenvalue weighted by Crippen LogP contribution is 2.36. The minimum atomic E-state index is -0.417. The van der Waals surface area contributed by atoms with Crippen molar-refractivity contribution in [3.63, 3.8) is 0 Å². The molecule has 0 saturated carbocycles. The fraction of sp³-hybridized carbons (Fsp3) is 0.227. The number of nitrogens with one attached hydrogen (secondary N) is 2. The number of hydrogen-bond donors (Lipinski definition) is 2. The van der Waals surface area contributed by atoms with Gasteiger partial charge >= 0.3 is 0 Å². The number of aryl methyl sites for hydroxylation is 1. The van der Waals surface area contributed by atoms with Crippen LogP contribution in [0.5, 0.6) is 5.75 Å². The van der Waals surface area contributed by atoms with Gasteiger partial charge in [-0.2, -0.15) is 10.1 Å². The number of anilines is 2. The summed E-state index contributed by atoms with van der Waals surface area (Å²) in [5.74, 6) is 1.16. The number of aromatic nitrogens is 3. The van der Waals surface area contributed by atoms with Gasteiger partial charge in [0.25, 0.3) is 5.91 Å². The molecular weight excluding hydrogens is 366 g/mol. The molecule has 7 nitrogen and oxygen atoms in total. The topological polar surface area (TPSA) is 81.1 Å². The zero-order chi connectivity index (χ0) is 20.4. The second-order valence-corrected chi connectivity index (χ2v) is 6.92. The molecular formula is C22H23N5O2. The van der Waals surface area contributed by atoms with Gasteiger partial charge in [0.2, 0.25) is 5.95 Å². The molecule has 1 amide bonds. The molecule has 0 spiro atoms. The monoisotopic (exact) mass is 389 g/mol. The lowest BCUT2D eigenvalue weighted by Gasteiger charge is -2.29. The van der Waals surface area contributed by atoms with Gasteiger partial charge in [-0.05, 0) is 50.6 Å². The van der Waals surface area contributed by atoms with Crippen LogP contribution in [0.4, 0.5) is 11.6 Å². The quantitative estimate of drug-likeness (QED) is 0.691. The third-order valence-corrected chi connectivity index (χ3v) is 4.83. The van der Waals surface area contributed by atoms with Gasteiger partial charge in [-0.15, -0.1) is 0 Å². The number of rotatable bonds is 5. The minimum absolute atomic E-state index is 0.188. The summed E-state index contributed by atoms with van der Waals surface area (Å²) in [6, 6.07) is 15.0. The highest BCUT2D eigenvalue weighted by molar-refractivity contribution is 6.06. The summed E-state index contributed by atoms with van der Waals surface area (Å²) in [6.07, 6.45) is 1.48. The number of amides is 1. The Morgan fingerprint density at radius 2 is 2.00 bits per heavy atom. The second kappa shape index (κ2) is 7.79. The van der Waals surface area contributed by atoms with Gasteiger partial charge in [-0.1, -0.05) is 29.8 Å². The molecule has 2 N–H and O–H groups in total. The lowest BCUT2D eigenvalue weighted by Crippen LogP contribution is -2.31. The summed E-state index contributed by atoms with van der Waals surface area (Å²) in [6.45, 7) is 6.40. The summed E-state index contributed by atoms with van der Waals surface area (Å²) >= 11 is 0. The molecule has 4 rings (SSSR count). The number of allylic oxidation sites excluding steroid dienone is 1. The highest BCUT2D eigenvalue weighted by atomic mass is 16.5. The summed E-state index contributed by atoms with van der Waals surface area (Å²) in [7, 11) is 0. The number of nitrogens with zero attached hydrogens (tertiary/aromatic N) is 3. The molecule has 1 aromatic heterocycles. The van der Waals surface area contributed by atoms with Crippen molar-refractivity contribution < 1.29 is 9.53 Å². The van der Waals surface area contributed by atoms with Gasteiger partial charge in [-0.25, -0.2) is 4.68 Å². The summed E-state index contributed by atoms with van der Waals surface area (Å²) in [5, 5.41) is 10.5. The Kier molecular flexibility index (Phi) is 5.03. The first-order chi connectivity index (χ1) is 14.1. The first kappa shape index (κ1) is 18.7. The standard InChI is InChI=1S/C22H23N5O2/c1-4-29-18-7-5-6-16(12-18)20-19(15(3)25-22-23-13-24-27(20)22)21(28)26-17-10-8-14(2)9-11-17/h5-13,20H,4H2,1-3H3,(H,26,28)(H,23,24,25). The Bertz CT molecular complexity index is 1070. The average molecular weight is 389 g/mol. The van der Waals surface area contributed by atoms with Crippen molar-refractivity contribution in [2.75, 3.05) is 17.2 Å². The lowest BCUT2D eigenvalue weighted by atomic mass is 9.95. The van der Waals surface area contributed by atoms with Crippen LogP contribution in [0, 0.1) is 6.92 Å². The van der Waals surface area contributed by atoms with E-state index in [1.807, 2.05) is 69.3 Å². The van der Waals surface area contributed by atoms with Crippen LogP contribution in [0.25, 0.3) is 0 Å². The Labute approximate surface area is 169 Å². The first-order valence-corrected chi connectivity index (χ1v) is 9.55. The average Bonchev–Trinajstić information content (AvgIpc) is 3.17. The molecule has 29 heavy (non-hydrogen) atoms. The van der Waals surface area contributed by atoms with Crippen LogP contribution in [0.3, 0.4) is 0 Å². The number of fused-ring (bicyclic) bond motifs is 1. The van der Waals surface area contributed by atoms with E-state index in [0.29, 0.717) is 18.1 Å². The van der Waals surface area contributed by atoms with Crippen molar-refractivity contribution in [3.05, 3.63) is 77.3 Å². The normalized spacial score (nSPS) is 15.5. The Morgan fingerprint density at radius 1 is 1.21 bits per heavy atom. The van der Waals surface area contributed by atoms with Gasteiger partial charge in [0.15, 0.2) is 0 Å². The van der Waals surface area contributed by atoms with E-state index in [1.54, 1.807) is 4.68 Å². The minimum Gasteiger partial charge on any atom is -0.494 e. The molecule has 2 heterocycles. The molecule has 148 valence electrons. The molecule has 1 unspecified atom stereocenters. The molecule has 0 radical (unpaired) electrons. The van der Waals surface area contributed by atoms with Gasteiger partial charge < -0.3 is 15.4 Å². The van der Waals surface area contributed by atoms with Gasteiger partial charge in [-0.3, -0.25) is 4.79 Å². The molecule has 7 heteroatoms. The van der Waals surface area contributed by atoms with Crippen LogP contribution in [-0.4, -0.2) is 27.3 Å². The van der Waals surface area contributed by atoms with E-state index in [9.17, 15) is 4.79 Å². The number of carbonyl (C=O) groups is 1. The van der Waals surface area contributed by atoms with Crippen LogP contribution in [0.2, 0.25) is 0 Å². The maximum absolute atomic E-state index is 13.3. The first-order valence-electron chi connectivity index (χ1n) is 9.55. The van der Waals surface area contributed by atoms with Gasteiger partial charge in [0.05, 0.1) is 12.2 Å². The fourth-order valence-corrected chi connectivity index (χ4v) is 3.47. The van der Waals surface area contributed by atoms with Gasteiger partial charge in [0, 0.05) is 11.4 Å². The molecule has 3 aromatic rings. The number of ether oxygens (including phenoxy) is 1. The van der Waals surface area contributed by atoms with E-state index >= 15 is 0 Å². The summed E-state index contributed by atoms with van der Waals surface area (Å²) in [4.78, 5) is 17.6. The Hall–Kier alpha value is -3.61. The van der Waals surface area contributed by atoms with Crippen molar-refractivity contribution in [2.45, 2.75) is 26.8 Å². The van der Waals surface area contributed by atoms with E-state index in [0.717, 1.165) is 28.3 Å². The van der Waals surface area contributed by atoms with Crippen molar-refractivity contribution in [2.24, 2.45) is 0 Å². The Morgan fingerprint density at radius 3 is 2.76 bits per heavy atom. The van der Waals surface area contributed by atoms with E-state index in [2.05, 4.69) is 20.7 Å². The van der Waals surface area contributed by atoms with Crippen LogP contribution < -0.4 is 15.4 Å². The predicted octanol–water partition coefficient (Wildman–Crippen LogP) is 3.91. The molecule has 0 saturated heterocycles. The lowest BCUT2D eigenvalue weighted by molar-refractivity contribution is -0.113. The highest BCUT2D eigenvalue weighted by Gasteiger charge is 2.33. The van der Waals surface area contributed by atoms with Crippen LogP contribution >= 0.6 is 0 Å². The number of carbonyl (C=O) groups excluding carboxylic acids is 1. The molecule has 1 aliphatic rings. The third kappa shape index (κ3) is 3.71. The van der Waals surface area contributed by atoms with Crippen LogP contribution in [-0.2, 0) is 4.79 Å². The molecule has 0 aliphatic carbocycles. The maximum atomic E-state index is 13.3. The molecule has 0 bridgehead atoms. The van der Waals surface area contributed by atoms with Crippen molar-refractivity contribution in [1.29, 1.82) is 0 Å². The number of benzene rings is 2. The maximum Gasteiger partial charge on any atom is 0.255 e. The SMILES string of the molecule is CCOc1cccc(C2C(C(=O)Nc3ccc(C)cc3)=C(C)Nc3ncnn32)c1. The predicted molar refractivity (Wildman–Crippen MR) is 112 cm³/mol. The van der Waals surface area contributed by atoms with Crippen molar-refractivity contribution in [3.8, 4) is 5.75 Å². The molecule has 2 aromatic carbocycles. The smallest absolute Gasteiger partial charge is 0.255 e.